The fourth-order valence-corrected chi connectivity index (χ4v) is 3.89. The molecule has 0 aromatic heterocycles. The van der Waals surface area contributed by atoms with Gasteiger partial charge in [0.2, 0.25) is 11.8 Å². The van der Waals surface area contributed by atoms with Gasteiger partial charge < -0.3 is 49.1 Å². The second-order valence-corrected chi connectivity index (χ2v) is 11.8. The summed E-state index contributed by atoms with van der Waals surface area (Å²) in [5.74, 6) is -1.09. The van der Waals surface area contributed by atoms with E-state index in [1.807, 2.05) is 0 Å². The van der Waals surface area contributed by atoms with Crippen LogP contribution in [0.3, 0.4) is 0 Å². The number of amides is 3. The summed E-state index contributed by atoms with van der Waals surface area (Å²) >= 11 is 0. The van der Waals surface area contributed by atoms with Crippen molar-refractivity contribution in [2.75, 3.05) is 66.5 Å². The highest BCUT2D eigenvalue weighted by Gasteiger charge is 2.41. The fourth-order valence-electron chi connectivity index (χ4n) is 3.89. The van der Waals surface area contributed by atoms with Crippen LogP contribution in [0.2, 0.25) is 0 Å². The molecule has 0 aliphatic carbocycles. The van der Waals surface area contributed by atoms with E-state index in [-0.39, 0.29) is 19.6 Å². The standard InChI is InChI=1S/C30H47N3O11/c1-28(2,3)44-27(37)33-29(4,5)25(35)32-30(6,26(36)31-20-24(34)38-7)19-21-8-9-22-23(18-21)43-17-15-41-13-11-39-10-12-40-14-16-42-22/h8-9,18H,10-17,19-20H2,1-7H3,(H,31,36)(H,32,35)(H,33,37)/t30-/m0/s1. The lowest BCUT2D eigenvalue weighted by Crippen LogP contribution is -2.65. The molecule has 2 rings (SSSR count). The van der Waals surface area contributed by atoms with Gasteiger partial charge in [-0.2, -0.15) is 0 Å². The van der Waals surface area contributed by atoms with E-state index in [0.717, 1.165) is 0 Å². The molecule has 0 unspecified atom stereocenters. The topological polar surface area (TPSA) is 169 Å². The Morgan fingerprint density at radius 1 is 0.750 bits per heavy atom. The minimum absolute atomic E-state index is 0.0121. The third-order valence-corrected chi connectivity index (χ3v) is 6.17. The maximum Gasteiger partial charge on any atom is 0.408 e. The van der Waals surface area contributed by atoms with E-state index in [1.54, 1.807) is 39.0 Å². The number of hydrogen-bond acceptors (Lipinski definition) is 11. The van der Waals surface area contributed by atoms with Crippen molar-refractivity contribution in [3.8, 4) is 11.5 Å². The number of rotatable bonds is 8. The molecule has 0 fully saturated rings. The van der Waals surface area contributed by atoms with E-state index in [1.165, 1.54) is 27.9 Å². The minimum Gasteiger partial charge on any atom is -0.487 e. The van der Waals surface area contributed by atoms with Crippen molar-refractivity contribution in [1.82, 2.24) is 16.0 Å². The molecule has 1 heterocycles. The second kappa shape index (κ2) is 17.0. The number of carbonyl (C=O) groups excluding carboxylic acids is 4. The number of fused-ring (bicyclic) bond motifs is 1. The van der Waals surface area contributed by atoms with Crippen molar-refractivity contribution in [2.24, 2.45) is 0 Å². The van der Waals surface area contributed by atoms with Crippen molar-refractivity contribution in [1.29, 1.82) is 0 Å². The first-order valence-electron chi connectivity index (χ1n) is 14.5. The molecule has 44 heavy (non-hydrogen) atoms. The molecule has 1 aliphatic rings. The summed E-state index contributed by atoms with van der Waals surface area (Å²) in [5.41, 5.74) is -3.21. The van der Waals surface area contributed by atoms with Crippen LogP contribution in [0.25, 0.3) is 0 Å². The van der Waals surface area contributed by atoms with E-state index in [9.17, 15) is 19.2 Å². The van der Waals surface area contributed by atoms with E-state index in [4.69, 9.17) is 28.4 Å². The Morgan fingerprint density at radius 3 is 1.84 bits per heavy atom. The zero-order chi connectivity index (χ0) is 32.8. The summed E-state index contributed by atoms with van der Waals surface area (Å²) in [6.07, 6.45) is -0.808. The van der Waals surface area contributed by atoms with Gasteiger partial charge in [-0.3, -0.25) is 14.4 Å². The molecule has 3 amide bonds. The summed E-state index contributed by atoms with van der Waals surface area (Å²) in [6, 6.07) is 5.15. The van der Waals surface area contributed by atoms with Crippen LogP contribution in [-0.2, 0) is 44.5 Å². The van der Waals surface area contributed by atoms with Crippen molar-refractivity contribution >= 4 is 23.9 Å². The molecule has 248 valence electrons. The SMILES string of the molecule is COC(=O)CNC(=O)[C@](C)(Cc1ccc2c(c1)OCCOCCOCCOCCO2)NC(=O)C(C)(C)NC(=O)OC(C)(C)C. The van der Waals surface area contributed by atoms with Gasteiger partial charge in [-0.15, -0.1) is 0 Å². The van der Waals surface area contributed by atoms with Gasteiger partial charge in [0.05, 0.1) is 46.8 Å². The Labute approximate surface area is 258 Å². The van der Waals surface area contributed by atoms with Crippen LogP contribution in [0.15, 0.2) is 18.2 Å². The van der Waals surface area contributed by atoms with Crippen LogP contribution in [0, 0.1) is 0 Å². The van der Waals surface area contributed by atoms with Gasteiger partial charge in [-0.05, 0) is 59.2 Å². The van der Waals surface area contributed by atoms with Crippen LogP contribution < -0.4 is 25.4 Å². The molecule has 14 nitrogen and oxygen atoms in total. The Hall–Kier alpha value is -3.62. The molecule has 3 N–H and O–H groups in total. The predicted octanol–water partition coefficient (Wildman–Crippen LogP) is 1.52. The number of alkyl carbamates (subject to hydrolysis) is 1. The molecule has 0 bridgehead atoms. The molecule has 1 aromatic rings. The molecule has 1 atom stereocenters. The lowest BCUT2D eigenvalue weighted by molar-refractivity contribution is -0.142. The van der Waals surface area contributed by atoms with Gasteiger partial charge in [0.1, 0.15) is 36.4 Å². The van der Waals surface area contributed by atoms with Crippen molar-refractivity contribution in [3.05, 3.63) is 23.8 Å². The van der Waals surface area contributed by atoms with Crippen molar-refractivity contribution < 1.29 is 52.3 Å². The monoisotopic (exact) mass is 625 g/mol. The van der Waals surface area contributed by atoms with Crippen molar-refractivity contribution in [3.63, 3.8) is 0 Å². The summed E-state index contributed by atoms with van der Waals surface area (Å²) in [7, 11) is 1.20. The molecule has 1 aromatic carbocycles. The summed E-state index contributed by atoms with van der Waals surface area (Å²) in [4.78, 5) is 51.1. The number of ether oxygens (including phenoxy) is 7. The zero-order valence-corrected chi connectivity index (χ0v) is 26.8. The van der Waals surface area contributed by atoms with Crippen molar-refractivity contribution in [2.45, 2.75) is 64.6 Å². The Bertz CT molecular complexity index is 1120. The Balaban J connectivity index is 2.30. The molecule has 1 aliphatic heterocycles. The first-order valence-corrected chi connectivity index (χ1v) is 14.5. The van der Waals surface area contributed by atoms with E-state index >= 15 is 0 Å². The van der Waals surface area contributed by atoms with E-state index in [2.05, 4.69) is 20.7 Å². The fraction of sp³-hybridized carbons (Fsp3) is 0.667. The minimum atomic E-state index is -1.58. The third kappa shape index (κ3) is 12.9. The average molecular weight is 626 g/mol. The van der Waals surface area contributed by atoms with Gasteiger partial charge in [0, 0.05) is 6.42 Å². The smallest absolute Gasteiger partial charge is 0.408 e. The third-order valence-electron chi connectivity index (χ3n) is 6.17. The quantitative estimate of drug-likeness (QED) is 0.358. The number of esters is 1. The summed E-state index contributed by atoms with van der Waals surface area (Å²) < 4.78 is 38.2. The molecule has 0 saturated heterocycles. The van der Waals surface area contributed by atoms with Crippen LogP contribution in [-0.4, -0.2) is 107 Å². The van der Waals surface area contributed by atoms with Crippen LogP contribution in [0.4, 0.5) is 4.79 Å². The molecule has 14 heteroatoms. The molecule has 0 saturated carbocycles. The van der Waals surface area contributed by atoms with E-state index in [0.29, 0.717) is 56.7 Å². The molecular formula is C30H47N3O11. The first kappa shape index (κ1) is 36.6. The highest BCUT2D eigenvalue weighted by atomic mass is 16.6. The van der Waals surface area contributed by atoms with Crippen LogP contribution in [0.1, 0.15) is 47.1 Å². The number of benzene rings is 1. The number of methoxy groups -OCH3 is 1. The largest absolute Gasteiger partial charge is 0.487 e. The van der Waals surface area contributed by atoms with Crippen LogP contribution >= 0.6 is 0 Å². The Kier molecular flexibility index (Phi) is 14.1. The maximum atomic E-state index is 13.5. The molecule has 0 radical (unpaired) electrons. The first-order chi connectivity index (χ1) is 20.6. The highest BCUT2D eigenvalue weighted by molar-refractivity contribution is 5.96. The zero-order valence-electron chi connectivity index (χ0n) is 26.8. The summed E-state index contributed by atoms with van der Waals surface area (Å²) in [6.45, 7) is 12.1. The molecular weight excluding hydrogens is 578 g/mol. The van der Waals surface area contributed by atoms with Gasteiger partial charge in [-0.25, -0.2) is 4.79 Å². The van der Waals surface area contributed by atoms with Gasteiger partial charge in [0.25, 0.3) is 0 Å². The van der Waals surface area contributed by atoms with Gasteiger partial charge in [-0.1, -0.05) is 6.07 Å². The summed E-state index contributed by atoms with van der Waals surface area (Å²) in [5, 5.41) is 7.80. The highest BCUT2D eigenvalue weighted by Crippen LogP contribution is 2.30. The van der Waals surface area contributed by atoms with Gasteiger partial charge in [0.15, 0.2) is 11.5 Å². The number of nitrogens with one attached hydrogen (secondary N) is 3. The predicted molar refractivity (Wildman–Crippen MR) is 159 cm³/mol. The number of carbonyl (C=O) groups is 4. The van der Waals surface area contributed by atoms with Gasteiger partial charge >= 0.3 is 12.1 Å². The average Bonchev–Trinajstić information content (AvgIpc) is 2.93. The molecule has 0 spiro atoms. The Morgan fingerprint density at radius 2 is 1.30 bits per heavy atom. The van der Waals surface area contributed by atoms with E-state index < -0.39 is 47.1 Å². The lowest BCUT2D eigenvalue weighted by atomic mass is 9.89. The second-order valence-electron chi connectivity index (χ2n) is 11.8. The lowest BCUT2D eigenvalue weighted by Gasteiger charge is -2.34. The maximum absolute atomic E-state index is 13.5. The number of hydrogen-bond donors (Lipinski definition) is 3. The van der Waals surface area contributed by atoms with Crippen LogP contribution in [0.5, 0.6) is 11.5 Å². The normalized spacial score (nSPS) is 16.6.